The number of ether oxygens (including phenoxy) is 2. The van der Waals surface area contributed by atoms with Gasteiger partial charge in [-0.2, -0.15) is 0 Å². The molecular formula is C35H41N5O7S2. The number of allylic oxidation sites excluding steroid dienone is 1. The molecule has 1 saturated heterocycles. The van der Waals surface area contributed by atoms with Gasteiger partial charge < -0.3 is 25.0 Å². The first-order valence-electron chi connectivity index (χ1n) is 16.9. The highest BCUT2D eigenvalue weighted by Gasteiger charge is 2.62. The van der Waals surface area contributed by atoms with Crippen molar-refractivity contribution in [3.05, 3.63) is 60.7 Å². The Bertz CT molecular complexity index is 1840. The topological polar surface area (TPSA) is 156 Å². The number of aromatic nitrogens is 1. The summed E-state index contributed by atoms with van der Waals surface area (Å²) >= 11 is 1.40. The number of fused-ring (bicyclic) bond motifs is 3. The summed E-state index contributed by atoms with van der Waals surface area (Å²) in [5.74, 6) is -1.22. The first-order valence-corrected chi connectivity index (χ1v) is 19.3. The SMILES string of the molecule is COc1cccc(N[C@H]2CCCCC/C=C\[C@H]3C[C@@]3(C(=O)NS(=O)(=O)C3CC3)NC(=O)[C@@H]3C[C@@H](Oc4nc5ccccc5s4)CN3C2=O)c1. The molecule has 4 aliphatic rings. The minimum Gasteiger partial charge on any atom is -0.497 e. The predicted molar refractivity (Wildman–Crippen MR) is 186 cm³/mol. The van der Waals surface area contributed by atoms with Gasteiger partial charge in [0.25, 0.3) is 11.1 Å². The first kappa shape index (κ1) is 33.3. The fraction of sp³-hybridized carbons (Fsp3) is 0.486. The van der Waals surface area contributed by atoms with Gasteiger partial charge in [0, 0.05) is 24.1 Å². The number of hydrogen-bond donors (Lipinski definition) is 3. The summed E-state index contributed by atoms with van der Waals surface area (Å²) in [4.78, 5) is 48.5. The van der Waals surface area contributed by atoms with E-state index in [0.717, 1.165) is 35.9 Å². The smallest absolute Gasteiger partial charge is 0.274 e. The molecule has 2 aromatic carbocycles. The van der Waals surface area contributed by atoms with Gasteiger partial charge in [-0.25, -0.2) is 13.4 Å². The zero-order valence-electron chi connectivity index (χ0n) is 27.3. The largest absolute Gasteiger partial charge is 0.497 e. The lowest BCUT2D eigenvalue weighted by molar-refractivity contribution is -0.140. The third kappa shape index (κ3) is 7.25. The van der Waals surface area contributed by atoms with Crippen LogP contribution in [0.5, 0.6) is 10.9 Å². The zero-order valence-corrected chi connectivity index (χ0v) is 28.9. The zero-order chi connectivity index (χ0) is 34.2. The molecule has 260 valence electrons. The molecule has 3 aromatic rings. The highest BCUT2D eigenvalue weighted by Crippen LogP contribution is 2.46. The van der Waals surface area contributed by atoms with Crippen LogP contribution in [0.4, 0.5) is 5.69 Å². The molecule has 2 saturated carbocycles. The van der Waals surface area contributed by atoms with Crippen LogP contribution in [0.2, 0.25) is 0 Å². The maximum Gasteiger partial charge on any atom is 0.274 e. The Labute approximate surface area is 289 Å². The van der Waals surface area contributed by atoms with Gasteiger partial charge in [-0.3, -0.25) is 19.1 Å². The summed E-state index contributed by atoms with van der Waals surface area (Å²) in [7, 11) is -2.25. The number of thiazole rings is 1. The van der Waals surface area contributed by atoms with Crippen LogP contribution in [0.15, 0.2) is 60.7 Å². The second-order valence-corrected chi connectivity index (χ2v) is 16.3. The second kappa shape index (κ2) is 13.6. The Morgan fingerprint density at radius 2 is 1.92 bits per heavy atom. The molecule has 0 radical (unpaired) electrons. The Hall–Kier alpha value is -4.17. The average molecular weight is 708 g/mol. The Balaban J connectivity index is 1.18. The molecule has 0 spiro atoms. The number of carbonyl (C=O) groups is 3. The third-order valence-electron chi connectivity index (χ3n) is 9.80. The lowest BCUT2D eigenvalue weighted by Crippen LogP contribution is -2.57. The summed E-state index contributed by atoms with van der Waals surface area (Å²) < 4.78 is 40.5. The number of sulfonamides is 1. The highest BCUT2D eigenvalue weighted by atomic mass is 32.2. The molecule has 2 aliphatic carbocycles. The number of methoxy groups -OCH3 is 1. The molecular weight excluding hydrogens is 667 g/mol. The van der Waals surface area contributed by atoms with E-state index in [-0.39, 0.29) is 31.2 Å². The number of hydrogen-bond acceptors (Lipinski definition) is 10. The van der Waals surface area contributed by atoms with E-state index in [9.17, 15) is 22.8 Å². The third-order valence-corrected chi connectivity index (χ3v) is 12.5. The van der Waals surface area contributed by atoms with Crippen LogP contribution in [-0.2, 0) is 24.4 Å². The van der Waals surface area contributed by atoms with Crippen molar-refractivity contribution in [1.29, 1.82) is 0 Å². The van der Waals surface area contributed by atoms with E-state index >= 15 is 0 Å². The van der Waals surface area contributed by atoms with Crippen LogP contribution >= 0.6 is 11.3 Å². The number of carbonyl (C=O) groups excluding carboxylic acids is 3. The Morgan fingerprint density at radius 1 is 1.08 bits per heavy atom. The normalized spacial score (nSPS) is 28.3. The number of anilines is 1. The van der Waals surface area contributed by atoms with Gasteiger partial charge in [0.15, 0.2) is 0 Å². The molecule has 3 amide bonds. The minimum absolute atomic E-state index is 0.141. The number of amides is 3. The maximum atomic E-state index is 14.5. The van der Waals surface area contributed by atoms with Gasteiger partial charge in [-0.05, 0) is 62.8 Å². The number of nitrogens with one attached hydrogen (secondary N) is 3. The molecule has 14 heteroatoms. The van der Waals surface area contributed by atoms with Gasteiger partial charge in [0.2, 0.25) is 21.8 Å². The van der Waals surface area contributed by atoms with Crippen LogP contribution in [0.1, 0.15) is 57.8 Å². The van der Waals surface area contributed by atoms with Gasteiger partial charge >= 0.3 is 0 Å². The van der Waals surface area contributed by atoms with Crippen LogP contribution in [0.25, 0.3) is 10.2 Å². The van der Waals surface area contributed by atoms with E-state index in [0.29, 0.717) is 35.9 Å². The van der Waals surface area contributed by atoms with E-state index in [2.05, 4.69) is 20.3 Å². The van der Waals surface area contributed by atoms with E-state index in [4.69, 9.17) is 9.47 Å². The second-order valence-electron chi connectivity index (χ2n) is 13.4. The van der Waals surface area contributed by atoms with Crippen LogP contribution in [0.3, 0.4) is 0 Å². The van der Waals surface area contributed by atoms with E-state index in [1.165, 1.54) is 11.3 Å². The summed E-state index contributed by atoms with van der Waals surface area (Å²) in [5.41, 5.74) is 0.0947. The fourth-order valence-electron chi connectivity index (χ4n) is 6.81. The molecule has 0 unspecified atom stereocenters. The number of nitrogens with zero attached hydrogens (tertiary/aromatic N) is 2. The van der Waals surface area contributed by atoms with E-state index in [1.54, 1.807) is 12.0 Å². The molecule has 3 heterocycles. The van der Waals surface area contributed by atoms with Crippen molar-refractivity contribution in [2.45, 2.75) is 86.8 Å². The van der Waals surface area contributed by atoms with Crippen LogP contribution in [0, 0.1) is 5.92 Å². The van der Waals surface area contributed by atoms with Gasteiger partial charge in [-0.1, -0.05) is 54.5 Å². The molecule has 2 aliphatic heterocycles. The quantitative estimate of drug-likeness (QED) is 0.293. The monoisotopic (exact) mass is 707 g/mol. The van der Waals surface area contributed by atoms with Crippen molar-refractivity contribution in [3.63, 3.8) is 0 Å². The number of para-hydroxylation sites is 1. The van der Waals surface area contributed by atoms with Crippen molar-refractivity contribution >= 4 is 55.0 Å². The van der Waals surface area contributed by atoms with Crippen molar-refractivity contribution in [2.75, 3.05) is 19.0 Å². The van der Waals surface area contributed by atoms with E-state index < -0.39 is 50.8 Å². The lowest BCUT2D eigenvalue weighted by atomic mass is 10.0. The highest BCUT2D eigenvalue weighted by molar-refractivity contribution is 7.91. The predicted octanol–water partition coefficient (Wildman–Crippen LogP) is 4.14. The first-order chi connectivity index (χ1) is 23.6. The average Bonchev–Trinajstić information content (AvgIpc) is 3.98. The molecule has 49 heavy (non-hydrogen) atoms. The van der Waals surface area contributed by atoms with Crippen molar-refractivity contribution in [3.8, 4) is 10.9 Å². The Kier molecular flexibility index (Phi) is 9.27. The molecule has 7 rings (SSSR count). The minimum atomic E-state index is -3.84. The Morgan fingerprint density at radius 3 is 2.71 bits per heavy atom. The molecule has 1 aromatic heterocycles. The number of rotatable bonds is 8. The molecule has 3 N–H and O–H groups in total. The molecule has 0 bridgehead atoms. The summed E-state index contributed by atoms with van der Waals surface area (Å²) in [6.07, 6.45) is 8.70. The van der Waals surface area contributed by atoms with E-state index in [1.807, 2.05) is 60.7 Å². The van der Waals surface area contributed by atoms with Gasteiger partial charge in [-0.15, -0.1) is 0 Å². The van der Waals surface area contributed by atoms with Crippen LogP contribution in [-0.4, -0.2) is 78.7 Å². The van der Waals surface area contributed by atoms with Gasteiger partial charge in [0.1, 0.15) is 29.5 Å². The summed E-state index contributed by atoms with van der Waals surface area (Å²) in [6.45, 7) is 0.141. The fourth-order valence-corrected chi connectivity index (χ4v) is 9.05. The number of benzene rings is 2. The maximum absolute atomic E-state index is 14.5. The molecule has 5 atom stereocenters. The molecule has 12 nitrogen and oxygen atoms in total. The summed E-state index contributed by atoms with van der Waals surface area (Å²) in [6, 6.07) is 13.5. The summed E-state index contributed by atoms with van der Waals surface area (Å²) in [5, 5.41) is 6.18. The van der Waals surface area contributed by atoms with Crippen molar-refractivity contribution in [2.24, 2.45) is 5.92 Å². The molecule has 3 fully saturated rings. The lowest BCUT2D eigenvalue weighted by Gasteiger charge is -2.30. The standard InChI is InChI=1S/C35H41N5O7S2/c1-46-24-12-9-11-23(18-24)36-28-14-6-4-2-3-5-10-22-20-35(22,33(43)39-49(44,45)26-16-17-26)38-31(41)29-19-25(21-40(29)32(28)42)47-34-37-27-13-7-8-15-30(27)48-34/h5,7-13,15,18,22,25-26,28-29,36H,2-4,6,14,16-17,19-21H2,1H3,(H,38,41)(H,39,43)/b10-5-/t22-,25+,28-,29-,35+/m0/s1. The van der Waals surface area contributed by atoms with Crippen molar-refractivity contribution < 1.29 is 32.3 Å². The van der Waals surface area contributed by atoms with Gasteiger partial charge in [0.05, 0.1) is 29.1 Å². The van der Waals surface area contributed by atoms with Crippen molar-refractivity contribution in [1.82, 2.24) is 19.9 Å². The van der Waals surface area contributed by atoms with Crippen LogP contribution < -0.4 is 24.8 Å².